The predicted molar refractivity (Wildman–Crippen MR) is 81.4 cm³/mol. The molecule has 0 aliphatic carbocycles. The van der Waals surface area contributed by atoms with Crippen LogP contribution in [-0.2, 0) is 7.05 Å². The molecule has 0 radical (unpaired) electrons. The first-order valence-electron chi connectivity index (χ1n) is 6.64. The van der Waals surface area contributed by atoms with Gasteiger partial charge in [0, 0.05) is 29.4 Å². The van der Waals surface area contributed by atoms with Crippen LogP contribution in [0, 0.1) is 0 Å². The van der Waals surface area contributed by atoms with Crippen LogP contribution in [-0.4, -0.2) is 21.6 Å². The third-order valence-electron chi connectivity index (χ3n) is 3.06. The maximum absolute atomic E-state index is 4.22. The van der Waals surface area contributed by atoms with Crippen molar-refractivity contribution in [1.29, 1.82) is 0 Å². The number of nitrogens with one attached hydrogen (secondary N) is 1. The molecule has 0 saturated heterocycles. The highest BCUT2D eigenvalue weighted by atomic mass is 32.2. The average Bonchev–Trinajstić information content (AvgIpc) is 2.82. The minimum Gasteiger partial charge on any atom is -0.309 e. The molecule has 0 spiro atoms. The summed E-state index contributed by atoms with van der Waals surface area (Å²) in [5.41, 5.74) is 1.34. The first-order valence-corrected chi connectivity index (χ1v) is 7.52. The Hall–Kier alpha value is -1.26. The molecular weight excluding hydrogens is 254 g/mol. The van der Waals surface area contributed by atoms with Crippen LogP contribution in [0.2, 0.25) is 0 Å². The lowest BCUT2D eigenvalue weighted by Crippen LogP contribution is -2.28. The summed E-state index contributed by atoms with van der Waals surface area (Å²) in [5.74, 6) is 0. The van der Waals surface area contributed by atoms with E-state index in [9.17, 15) is 0 Å². The number of aromatic nitrogens is 2. The lowest BCUT2D eigenvalue weighted by Gasteiger charge is -2.24. The van der Waals surface area contributed by atoms with Crippen LogP contribution in [0.15, 0.2) is 47.6 Å². The highest BCUT2D eigenvalue weighted by Crippen LogP contribution is 2.31. The van der Waals surface area contributed by atoms with E-state index >= 15 is 0 Å². The summed E-state index contributed by atoms with van der Waals surface area (Å²) in [7, 11) is 1.95. The minimum atomic E-state index is 0.358. The van der Waals surface area contributed by atoms with Crippen molar-refractivity contribution in [2.45, 2.75) is 30.0 Å². The fourth-order valence-corrected chi connectivity index (χ4v) is 3.32. The molecule has 0 amide bonds. The van der Waals surface area contributed by atoms with Crippen LogP contribution in [0.1, 0.15) is 25.5 Å². The number of aryl methyl sites for hydroxylation is 1. The third-order valence-corrected chi connectivity index (χ3v) is 4.18. The lowest BCUT2D eigenvalue weighted by molar-refractivity contribution is 0.548. The van der Waals surface area contributed by atoms with Crippen molar-refractivity contribution in [2.24, 2.45) is 7.05 Å². The first-order chi connectivity index (χ1) is 9.20. The summed E-state index contributed by atoms with van der Waals surface area (Å²) in [4.78, 5) is 1.22. The van der Waals surface area contributed by atoms with E-state index in [1.54, 1.807) is 0 Å². The van der Waals surface area contributed by atoms with Gasteiger partial charge in [-0.1, -0.05) is 44.2 Å². The van der Waals surface area contributed by atoms with Gasteiger partial charge in [-0.05, 0) is 12.1 Å². The van der Waals surface area contributed by atoms with Crippen molar-refractivity contribution in [1.82, 2.24) is 15.1 Å². The molecular formula is C15H21N3S. The molecule has 2 rings (SSSR count). The summed E-state index contributed by atoms with van der Waals surface area (Å²) in [5, 5.41) is 8.25. The number of hydrogen-bond acceptors (Lipinski definition) is 3. The molecule has 1 aromatic carbocycles. The Balaban J connectivity index is 2.10. The maximum atomic E-state index is 4.22. The van der Waals surface area contributed by atoms with E-state index in [4.69, 9.17) is 0 Å². The van der Waals surface area contributed by atoms with Gasteiger partial charge in [0.25, 0.3) is 0 Å². The van der Waals surface area contributed by atoms with Crippen LogP contribution >= 0.6 is 11.8 Å². The molecule has 102 valence electrons. The SMILES string of the molecule is CCNC(c1ccccc1)C(C)Sc1cnn(C)c1. The first kappa shape index (κ1) is 14.2. The highest BCUT2D eigenvalue weighted by Gasteiger charge is 2.19. The normalized spacial score (nSPS) is 14.3. The maximum Gasteiger partial charge on any atom is 0.0625 e. The fraction of sp³-hybridized carbons (Fsp3) is 0.400. The van der Waals surface area contributed by atoms with Crippen molar-refractivity contribution in [3.63, 3.8) is 0 Å². The quantitative estimate of drug-likeness (QED) is 0.821. The van der Waals surface area contributed by atoms with E-state index in [1.807, 2.05) is 29.7 Å². The van der Waals surface area contributed by atoms with Gasteiger partial charge in [-0.15, -0.1) is 11.8 Å². The molecule has 19 heavy (non-hydrogen) atoms. The van der Waals surface area contributed by atoms with Crippen molar-refractivity contribution in [3.05, 3.63) is 48.3 Å². The van der Waals surface area contributed by atoms with E-state index < -0.39 is 0 Å². The fourth-order valence-electron chi connectivity index (χ4n) is 2.18. The molecule has 0 fully saturated rings. The molecule has 0 saturated carbocycles. The van der Waals surface area contributed by atoms with Gasteiger partial charge in [-0.25, -0.2) is 0 Å². The number of benzene rings is 1. The summed E-state index contributed by atoms with van der Waals surface area (Å²) >= 11 is 1.86. The zero-order valence-electron chi connectivity index (χ0n) is 11.7. The number of thioether (sulfide) groups is 1. The summed E-state index contributed by atoms with van der Waals surface area (Å²) < 4.78 is 1.85. The Labute approximate surface area is 119 Å². The topological polar surface area (TPSA) is 29.9 Å². The molecule has 1 heterocycles. The molecule has 1 N–H and O–H groups in total. The molecule has 2 atom stereocenters. The van der Waals surface area contributed by atoms with E-state index in [0.29, 0.717) is 11.3 Å². The van der Waals surface area contributed by atoms with Crippen LogP contribution < -0.4 is 5.32 Å². The van der Waals surface area contributed by atoms with E-state index in [-0.39, 0.29) is 0 Å². The summed E-state index contributed by atoms with van der Waals surface area (Å²) in [6.45, 7) is 5.38. The zero-order valence-corrected chi connectivity index (χ0v) is 12.5. The van der Waals surface area contributed by atoms with Crippen molar-refractivity contribution < 1.29 is 0 Å². The molecule has 2 aromatic rings. The predicted octanol–water partition coefficient (Wildman–Crippen LogP) is 3.25. The average molecular weight is 275 g/mol. The summed E-state index contributed by atoms with van der Waals surface area (Å²) in [6.07, 6.45) is 3.99. The smallest absolute Gasteiger partial charge is 0.0625 e. The molecule has 3 nitrogen and oxygen atoms in total. The van der Waals surface area contributed by atoms with Crippen LogP contribution in [0.3, 0.4) is 0 Å². The van der Waals surface area contributed by atoms with Crippen molar-refractivity contribution in [3.8, 4) is 0 Å². The zero-order chi connectivity index (χ0) is 13.7. The van der Waals surface area contributed by atoms with Gasteiger partial charge in [0.2, 0.25) is 0 Å². The van der Waals surface area contributed by atoms with Crippen molar-refractivity contribution >= 4 is 11.8 Å². The van der Waals surface area contributed by atoms with Crippen LogP contribution in [0.4, 0.5) is 0 Å². The van der Waals surface area contributed by atoms with Crippen LogP contribution in [0.25, 0.3) is 0 Å². The monoisotopic (exact) mass is 275 g/mol. The van der Waals surface area contributed by atoms with Gasteiger partial charge < -0.3 is 5.32 Å². The second kappa shape index (κ2) is 6.78. The van der Waals surface area contributed by atoms with Crippen LogP contribution in [0.5, 0.6) is 0 Å². The Morgan fingerprint density at radius 2 is 2.05 bits per heavy atom. The second-order valence-electron chi connectivity index (χ2n) is 4.62. The molecule has 0 aliphatic heterocycles. The van der Waals surface area contributed by atoms with Gasteiger partial charge in [-0.2, -0.15) is 5.10 Å². The van der Waals surface area contributed by atoms with Gasteiger partial charge in [0.05, 0.1) is 6.20 Å². The largest absolute Gasteiger partial charge is 0.309 e. The standard InChI is InChI=1S/C15H21N3S/c1-4-16-15(13-8-6-5-7-9-13)12(2)19-14-10-17-18(3)11-14/h5-12,15-16H,4H2,1-3H3. The molecule has 4 heteroatoms. The molecule has 0 aliphatic rings. The molecule has 0 bridgehead atoms. The van der Waals surface area contributed by atoms with E-state index in [0.717, 1.165) is 6.54 Å². The van der Waals surface area contributed by atoms with Gasteiger partial charge in [0.1, 0.15) is 0 Å². The number of rotatable bonds is 6. The molecule has 1 aromatic heterocycles. The number of hydrogen-bond donors (Lipinski definition) is 1. The van der Waals surface area contributed by atoms with Crippen molar-refractivity contribution in [2.75, 3.05) is 6.54 Å². The molecule has 2 unspecified atom stereocenters. The minimum absolute atomic E-state index is 0.358. The van der Waals surface area contributed by atoms with Gasteiger partial charge >= 0.3 is 0 Å². The Bertz CT molecular complexity index is 495. The Morgan fingerprint density at radius 3 is 2.63 bits per heavy atom. The van der Waals surface area contributed by atoms with Gasteiger partial charge in [0.15, 0.2) is 0 Å². The third kappa shape index (κ3) is 3.85. The number of nitrogens with zero attached hydrogens (tertiary/aromatic N) is 2. The van der Waals surface area contributed by atoms with Gasteiger partial charge in [-0.3, -0.25) is 4.68 Å². The van der Waals surface area contributed by atoms with E-state index in [2.05, 4.69) is 60.8 Å². The Morgan fingerprint density at radius 1 is 1.32 bits per heavy atom. The lowest BCUT2D eigenvalue weighted by atomic mass is 10.0. The van der Waals surface area contributed by atoms with E-state index in [1.165, 1.54) is 10.5 Å². The Kier molecular flexibility index (Phi) is 5.05. The highest BCUT2D eigenvalue weighted by molar-refractivity contribution is 8.00. The second-order valence-corrected chi connectivity index (χ2v) is 6.07. The summed E-state index contributed by atoms with van der Waals surface area (Å²) in [6, 6.07) is 11.0.